The van der Waals surface area contributed by atoms with E-state index in [1.165, 1.54) is 11.3 Å². The second-order valence-electron chi connectivity index (χ2n) is 4.00. The minimum atomic E-state index is -0.814. The highest BCUT2D eigenvalue weighted by atomic mass is 32.1. The third-order valence-electron chi connectivity index (χ3n) is 2.70. The molecule has 0 aliphatic heterocycles. The standard InChI is InChI=1S/C10H11N3OS/c1-7-4-10(5-7,6-11)8(14)13-9-12-2-3-15-9/h2-3,7H,4-5H2,1H3,(H,12,13,14). The first kappa shape index (κ1) is 10.1. The molecule has 0 radical (unpaired) electrons. The second kappa shape index (κ2) is 3.63. The van der Waals surface area contributed by atoms with Crippen molar-refractivity contribution in [1.29, 1.82) is 5.26 Å². The van der Waals surface area contributed by atoms with Crippen molar-refractivity contribution >= 4 is 22.4 Å². The van der Waals surface area contributed by atoms with Crippen LogP contribution in [0.1, 0.15) is 19.8 Å². The zero-order valence-electron chi connectivity index (χ0n) is 8.36. The second-order valence-corrected chi connectivity index (χ2v) is 4.89. The minimum Gasteiger partial charge on any atom is -0.301 e. The average molecular weight is 221 g/mol. The molecule has 1 aromatic heterocycles. The van der Waals surface area contributed by atoms with E-state index in [4.69, 9.17) is 5.26 Å². The van der Waals surface area contributed by atoms with Crippen molar-refractivity contribution in [3.63, 3.8) is 0 Å². The fourth-order valence-electron chi connectivity index (χ4n) is 1.96. The van der Waals surface area contributed by atoms with Crippen molar-refractivity contribution in [1.82, 2.24) is 4.98 Å². The van der Waals surface area contributed by atoms with Crippen LogP contribution in [0.15, 0.2) is 11.6 Å². The van der Waals surface area contributed by atoms with Gasteiger partial charge in [-0.1, -0.05) is 6.92 Å². The Morgan fingerprint density at radius 3 is 3.00 bits per heavy atom. The van der Waals surface area contributed by atoms with Gasteiger partial charge in [0.15, 0.2) is 5.13 Å². The van der Waals surface area contributed by atoms with Crippen LogP contribution < -0.4 is 5.32 Å². The monoisotopic (exact) mass is 221 g/mol. The zero-order valence-corrected chi connectivity index (χ0v) is 9.17. The first-order valence-corrected chi connectivity index (χ1v) is 5.66. The molecular formula is C10H11N3OS. The van der Waals surface area contributed by atoms with E-state index in [9.17, 15) is 4.79 Å². The van der Waals surface area contributed by atoms with E-state index in [2.05, 4.69) is 16.4 Å². The smallest absolute Gasteiger partial charge is 0.246 e. The number of nitrogens with zero attached hydrogens (tertiary/aromatic N) is 2. The lowest BCUT2D eigenvalue weighted by Gasteiger charge is -2.38. The van der Waals surface area contributed by atoms with Gasteiger partial charge in [0.05, 0.1) is 6.07 Å². The summed E-state index contributed by atoms with van der Waals surface area (Å²) < 4.78 is 0. The number of hydrogen-bond acceptors (Lipinski definition) is 4. The Morgan fingerprint density at radius 1 is 1.80 bits per heavy atom. The van der Waals surface area contributed by atoms with Gasteiger partial charge < -0.3 is 5.32 Å². The van der Waals surface area contributed by atoms with Crippen molar-refractivity contribution in [2.45, 2.75) is 19.8 Å². The van der Waals surface area contributed by atoms with Gasteiger partial charge >= 0.3 is 0 Å². The quantitative estimate of drug-likeness (QED) is 0.830. The Labute approximate surface area is 91.9 Å². The van der Waals surface area contributed by atoms with Crippen LogP contribution in [-0.2, 0) is 4.79 Å². The topological polar surface area (TPSA) is 65.8 Å². The number of nitrogens with one attached hydrogen (secondary N) is 1. The Kier molecular flexibility index (Phi) is 2.45. The van der Waals surface area contributed by atoms with Gasteiger partial charge in [0.1, 0.15) is 5.41 Å². The molecule has 1 aromatic rings. The molecule has 0 bridgehead atoms. The maximum atomic E-state index is 11.8. The number of thiazole rings is 1. The van der Waals surface area contributed by atoms with Gasteiger partial charge in [-0.3, -0.25) is 4.79 Å². The Bertz CT molecular complexity index is 401. The highest BCUT2D eigenvalue weighted by Gasteiger charge is 2.49. The molecule has 0 saturated heterocycles. The van der Waals surface area contributed by atoms with Crippen LogP contribution in [0.25, 0.3) is 0 Å². The fraction of sp³-hybridized carbons (Fsp3) is 0.500. The fourth-order valence-corrected chi connectivity index (χ4v) is 2.48. The predicted molar refractivity (Wildman–Crippen MR) is 57.2 cm³/mol. The van der Waals surface area contributed by atoms with Crippen molar-refractivity contribution in [2.75, 3.05) is 5.32 Å². The van der Waals surface area contributed by atoms with Gasteiger partial charge in [0.25, 0.3) is 0 Å². The van der Waals surface area contributed by atoms with Crippen LogP contribution in [0.5, 0.6) is 0 Å². The number of carbonyl (C=O) groups excluding carboxylic acids is 1. The molecular weight excluding hydrogens is 210 g/mol. The Hall–Kier alpha value is -1.41. The molecule has 1 amide bonds. The number of amides is 1. The van der Waals surface area contributed by atoms with Crippen molar-refractivity contribution in [3.05, 3.63) is 11.6 Å². The summed E-state index contributed by atoms with van der Waals surface area (Å²) in [6, 6.07) is 2.12. The van der Waals surface area contributed by atoms with Gasteiger partial charge in [-0.2, -0.15) is 5.26 Å². The van der Waals surface area contributed by atoms with Crippen LogP contribution in [-0.4, -0.2) is 10.9 Å². The number of nitriles is 1. The lowest BCUT2D eigenvalue weighted by atomic mass is 9.63. The molecule has 5 heteroatoms. The van der Waals surface area contributed by atoms with Gasteiger partial charge in [-0.05, 0) is 18.8 Å². The van der Waals surface area contributed by atoms with Gasteiger partial charge in [-0.15, -0.1) is 11.3 Å². The summed E-state index contributed by atoms with van der Waals surface area (Å²) in [5.41, 5.74) is -0.814. The number of anilines is 1. The molecule has 0 unspecified atom stereocenters. The van der Waals surface area contributed by atoms with Crippen molar-refractivity contribution in [2.24, 2.45) is 11.3 Å². The van der Waals surface area contributed by atoms with Crippen LogP contribution in [0, 0.1) is 22.7 Å². The van der Waals surface area contributed by atoms with Gasteiger partial charge in [0, 0.05) is 11.6 Å². The molecule has 1 heterocycles. The highest BCUT2D eigenvalue weighted by Crippen LogP contribution is 2.45. The van der Waals surface area contributed by atoms with Crippen molar-refractivity contribution in [3.8, 4) is 6.07 Å². The molecule has 15 heavy (non-hydrogen) atoms. The normalized spacial score (nSPS) is 28.9. The molecule has 0 aromatic carbocycles. The largest absolute Gasteiger partial charge is 0.301 e. The molecule has 1 aliphatic rings. The molecule has 2 rings (SSSR count). The molecule has 0 atom stereocenters. The summed E-state index contributed by atoms with van der Waals surface area (Å²) in [6.45, 7) is 2.05. The van der Waals surface area contributed by atoms with E-state index in [-0.39, 0.29) is 5.91 Å². The van der Waals surface area contributed by atoms with Crippen LogP contribution in [0.3, 0.4) is 0 Å². The lowest BCUT2D eigenvalue weighted by molar-refractivity contribution is -0.128. The van der Waals surface area contributed by atoms with Crippen LogP contribution >= 0.6 is 11.3 Å². The lowest BCUT2D eigenvalue weighted by Crippen LogP contribution is -2.45. The minimum absolute atomic E-state index is 0.210. The number of hydrogen-bond donors (Lipinski definition) is 1. The Balaban J connectivity index is 2.05. The molecule has 78 valence electrons. The van der Waals surface area contributed by atoms with E-state index in [1.54, 1.807) is 11.6 Å². The highest BCUT2D eigenvalue weighted by molar-refractivity contribution is 7.13. The summed E-state index contributed by atoms with van der Waals surface area (Å²) in [5.74, 6) is 0.254. The molecule has 1 aliphatic carbocycles. The van der Waals surface area contributed by atoms with Gasteiger partial charge in [-0.25, -0.2) is 4.98 Å². The van der Waals surface area contributed by atoms with E-state index in [0.29, 0.717) is 23.9 Å². The number of carbonyl (C=O) groups is 1. The van der Waals surface area contributed by atoms with E-state index in [1.807, 2.05) is 6.92 Å². The number of aromatic nitrogens is 1. The van der Waals surface area contributed by atoms with E-state index < -0.39 is 5.41 Å². The summed E-state index contributed by atoms with van der Waals surface area (Å²) >= 11 is 1.36. The third kappa shape index (κ3) is 1.73. The third-order valence-corrected chi connectivity index (χ3v) is 3.38. The molecule has 0 spiro atoms. The first-order chi connectivity index (χ1) is 7.16. The molecule has 1 saturated carbocycles. The maximum Gasteiger partial charge on any atom is 0.246 e. The molecule has 1 fully saturated rings. The first-order valence-electron chi connectivity index (χ1n) is 4.78. The summed E-state index contributed by atoms with van der Waals surface area (Å²) in [7, 11) is 0. The number of rotatable bonds is 2. The van der Waals surface area contributed by atoms with Crippen LogP contribution in [0.4, 0.5) is 5.13 Å². The Morgan fingerprint density at radius 2 is 2.53 bits per heavy atom. The summed E-state index contributed by atoms with van der Waals surface area (Å²) in [4.78, 5) is 15.8. The molecule has 4 nitrogen and oxygen atoms in total. The zero-order chi connectivity index (χ0) is 10.9. The van der Waals surface area contributed by atoms with E-state index in [0.717, 1.165) is 0 Å². The summed E-state index contributed by atoms with van der Waals surface area (Å²) in [5, 5.41) is 14.1. The SMILES string of the molecule is CC1CC(C#N)(C(=O)Nc2nccs2)C1. The van der Waals surface area contributed by atoms with Crippen LogP contribution in [0.2, 0.25) is 0 Å². The maximum absolute atomic E-state index is 11.8. The predicted octanol–water partition coefficient (Wildman–Crippen LogP) is 2.02. The van der Waals surface area contributed by atoms with Crippen molar-refractivity contribution < 1.29 is 4.79 Å². The molecule has 1 N–H and O–H groups in total. The summed E-state index contributed by atoms with van der Waals surface area (Å²) in [6.07, 6.45) is 2.93. The van der Waals surface area contributed by atoms with Gasteiger partial charge in [0.2, 0.25) is 5.91 Å². The average Bonchev–Trinajstić information content (AvgIpc) is 2.64. The van der Waals surface area contributed by atoms with E-state index >= 15 is 0 Å².